The SMILES string of the molecule is CS(N)(=O)=O.C[C@@H](c1ccc(-c2ccc(F)cc2F)cc1)N1CC[C@](CCC(=O)NS(C)(=O)=O)(c2ccc(F)cc2)OC1=O.C[C@@H](c1ccc(-c2ccc(F)cc2F)cc1)N1CC[C@](CCC(=O)O)(c2ccc(F)cc2)OC1=O. The number of nitrogens with one attached hydrogen (secondary N) is 1. The number of rotatable bonds is 15. The number of carbonyl (C=O) groups is 4. The van der Waals surface area contributed by atoms with Crippen LogP contribution in [0.15, 0.2) is 133 Å². The number of primary sulfonamides is 1. The van der Waals surface area contributed by atoms with Crippen molar-refractivity contribution < 1.29 is 76.9 Å². The Morgan fingerprint density at radius 2 is 0.924 bits per heavy atom. The van der Waals surface area contributed by atoms with Crippen LogP contribution in [0.3, 0.4) is 0 Å². The minimum Gasteiger partial charge on any atom is -0.481 e. The van der Waals surface area contributed by atoms with Crippen LogP contribution in [-0.2, 0) is 50.3 Å². The van der Waals surface area contributed by atoms with Gasteiger partial charge in [0.15, 0.2) is 0 Å². The first-order valence-electron chi connectivity index (χ1n) is 24.4. The Kier molecular flexibility index (Phi) is 19.4. The molecule has 0 aliphatic carbocycles. The summed E-state index contributed by atoms with van der Waals surface area (Å²) in [6, 6.07) is 30.7. The van der Waals surface area contributed by atoms with Gasteiger partial charge in [0, 0.05) is 74.9 Å². The summed E-state index contributed by atoms with van der Waals surface area (Å²) in [5.41, 5.74) is 1.78. The predicted octanol–water partition coefficient (Wildman–Crippen LogP) is 10.8. The van der Waals surface area contributed by atoms with Crippen LogP contribution in [0.25, 0.3) is 22.3 Å². The molecule has 8 rings (SSSR count). The maximum absolute atomic E-state index is 14.2. The fraction of sp³-hybridized carbons (Fsp3) is 0.286. The summed E-state index contributed by atoms with van der Waals surface area (Å²) in [6.45, 7) is 4.17. The lowest BCUT2D eigenvalue weighted by molar-refractivity contribution is -0.139. The molecule has 4 N–H and O–H groups in total. The van der Waals surface area contributed by atoms with E-state index >= 15 is 0 Å². The van der Waals surface area contributed by atoms with Gasteiger partial charge in [-0.05, 0) is 95.8 Å². The topological polar surface area (TPSA) is 220 Å². The fourth-order valence-corrected chi connectivity index (χ4v) is 9.68. The number of carboxylic acids is 1. The van der Waals surface area contributed by atoms with Crippen LogP contribution >= 0.6 is 0 Å². The zero-order valence-electron chi connectivity index (χ0n) is 43.1. The number of nitrogens with two attached hydrogens (primary N) is 1. The number of nitrogens with zero attached hydrogens (tertiary/aromatic N) is 2. The van der Waals surface area contributed by atoms with Crippen molar-refractivity contribution in [3.63, 3.8) is 0 Å². The monoisotopic (exact) mass is 1140 g/mol. The number of halogens is 6. The van der Waals surface area contributed by atoms with E-state index in [1.165, 1.54) is 82.6 Å². The number of carbonyl (C=O) groups excluding carboxylic acids is 3. The van der Waals surface area contributed by atoms with Crippen molar-refractivity contribution in [3.05, 3.63) is 191 Å². The third kappa shape index (κ3) is 16.4. The minimum absolute atomic E-state index is 0.00806. The number of carboxylic acid groups (broad SMARTS) is 1. The molecule has 4 atom stereocenters. The average molecular weight is 1140 g/mol. The Morgan fingerprint density at radius 1 is 0.582 bits per heavy atom. The van der Waals surface area contributed by atoms with Crippen LogP contribution in [0.5, 0.6) is 0 Å². The molecule has 0 bridgehead atoms. The van der Waals surface area contributed by atoms with Crippen molar-refractivity contribution in [2.45, 2.75) is 75.7 Å². The van der Waals surface area contributed by atoms with Crippen molar-refractivity contribution in [1.29, 1.82) is 0 Å². The second-order valence-electron chi connectivity index (χ2n) is 19.0. The van der Waals surface area contributed by atoms with E-state index in [-0.39, 0.29) is 55.8 Å². The summed E-state index contributed by atoms with van der Waals surface area (Å²) in [4.78, 5) is 52.8. The second-order valence-corrected chi connectivity index (χ2v) is 22.4. The fourth-order valence-electron chi connectivity index (χ4n) is 9.17. The van der Waals surface area contributed by atoms with E-state index in [0.717, 1.165) is 35.8 Å². The van der Waals surface area contributed by atoms with Gasteiger partial charge in [-0.2, -0.15) is 0 Å². The number of amides is 3. The van der Waals surface area contributed by atoms with E-state index in [0.29, 0.717) is 35.2 Å². The Balaban J connectivity index is 0.000000236. The lowest BCUT2D eigenvalue weighted by Crippen LogP contribution is -2.49. The van der Waals surface area contributed by atoms with Crippen molar-refractivity contribution >= 4 is 44.1 Å². The van der Waals surface area contributed by atoms with Gasteiger partial charge < -0.3 is 24.4 Å². The zero-order chi connectivity index (χ0) is 58.0. The van der Waals surface area contributed by atoms with Gasteiger partial charge in [-0.25, -0.2) is 57.9 Å². The van der Waals surface area contributed by atoms with Gasteiger partial charge in [-0.1, -0.05) is 72.8 Å². The van der Waals surface area contributed by atoms with Crippen molar-refractivity contribution in [2.75, 3.05) is 25.6 Å². The minimum atomic E-state index is -3.76. The first-order chi connectivity index (χ1) is 37.0. The summed E-state index contributed by atoms with van der Waals surface area (Å²) in [6.07, 6.45) is 0.751. The first-order valence-corrected chi connectivity index (χ1v) is 28.2. The van der Waals surface area contributed by atoms with Crippen molar-refractivity contribution in [1.82, 2.24) is 14.5 Å². The molecule has 2 aliphatic heterocycles. The largest absolute Gasteiger partial charge is 0.481 e. The number of ether oxygens (including phenoxy) is 2. The number of aliphatic carboxylic acids is 1. The van der Waals surface area contributed by atoms with Gasteiger partial charge in [0.25, 0.3) is 0 Å². The zero-order valence-corrected chi connectivity index (χ0v) is 44.7. The summed E-state index contributed by atoms with van der Waals surface area (Å²) in [7, 11) is -6.92. The molecule has 0 unspecified atom stereocenters. The number of cyclic esters (lactones) is 2. The number of hydrogen-bond acceptors (Lipinski definition) is 10. The van der Waals surface area contributed by atoms with Gasteiger partial charge in [0.05, 0.1) is 24.6 Å². The highest BCUT2D eigenvalue weighted by molar-refractivity contribution is 7.89. The summed E-state index contributed by atoms with van der Waals surface area (Å²) in [5, 5.41) is 13.5. The van der Waals surface area contributed by atoms with Crippen molar-refractivity contribution in [3.8, 4) is 22.3 Å². The molecule has 0 saturated carbocycles. The molecule has 15 nitrogen and oxygen atoms in total. The third-order valence-electron chi connectivity index (χ3n) is 13.3. The Bertz CT molecular complexity index is 3390. The maximum atomic E-state index is 14.2. The normalized spacial score (nSPS) is 18.1. The molecular weight excluding hydrogens is 1080 g/mol. The molecule has 79 heavy (non-hydrogen) atoms. The lowest BCUT2D eigenvalue weighted by Gasteiger charge is -2.43. The molecule has 0 aromatic heterocycles. The first kappa shape index (κ1) is 60.5. The lowest BCUT2D eigenvalue weighted by atomic mass is 9.84. The highest BCUT2D eigenvalue weighted by Gasteiger charge is 2.45. The van der Waals surface area contributed by atoms with Crippen LogP contribution in [0.4, 0.5) is 35.9 Å². The molecular formula is C56H56F6N4O11S2. The van der Waals surface area contributed by atoms with E-state index in [4.69, 9.17) is 9.47 Å². The van der Waals surface area contributed by atoms with E-state index in [1.807, 2.05) is 11.6 Å². The van der Waals surface area contributed by atoms with Gasteiger partial charge in [0.2, 0.25) is 26.0 Å². The molecule has 23 heteroatoms. The molecule has 2 aliphatic rings. The van der Waals surface area contributed by atoms with Gasteiger partial charge >= 0.3 is 18.2 Å². The molecule has 2 saturated heterocycles. The van der Waals surface area contributed by atoms with Gasteiger partial charge in [-0.15, -0.1) is 0 Å². The van der Waals surface area contributed by atoms with Gasteiger partial charge in [-0.3, -0.25) is 14.3 Å². The third-order valence-corrected chi connectivity index (χ3v) is 13.9. The van der Waals surface area contributed by atoms with Crippen LogP contribution in [0, 0.1) is 34.9 Å². The quantitative estimate of drug-likeness (QED) is 0.0821. The Labute approximate surface area is 453 Å². The molecule has 2 fully saturated rings. The molecule has 6 aromatic rings. The smallest absolute Gasteiger partial charge is 0.411 e. The Hall–Kier alpha value is -7.76. The highest BCUT2D eigenvalue weighted by atomic mass is 32.2. The van der Waals surface area contributed by atoms with E-state index in [2.05, 4.69) is 5.14 Å². The molecule has 0 spiro atoms. The molecule has 6 aromatic carbocycles. The molecule has 2 heterocycles. The van der Waals surface area contributed by atoms with Gasteiger partial charge in [0.1, 0.15) is 46.1 Å². The highest BCUT2D eigenvalue weighted by Crippen LogP contribution is 2.43. The van der Waals surface area contributed by atoms with Crippen LogP contribution in [-0.4, -0.2) is 81.4 Å². The van der Waals surface area contributed by atoms with E-state index in [1.54, 1.807) is 55.5 Å². The second kappa shape index (κ2) is 25.4. The summed E-state index contributed by atoms with van der Waals surface area (Å²) < 4.78 is 137. The predicted molar refractivity (Wildman–Crippen MR) is 280 cm³/mol. The van der Waals surface area contributed by atoms with E-state index < -0.39 is 96.3 Å². The van der Waals surface area contributed by atoms with Crippen LogP contribution in [0.2, 0.25) is 0 Å². The van der Waals surface area contributed by atoms with Crippen LogP contribution in [0.1, 0.15) is 86.7 Å². The van der Waals surface area contributed by atoms with Crippen molar-refractivity contribution in [2.24, 2.45) is 5.14 Å². The number of hydrogen-bond donors (Lipinski definition) is 3. The Morgan fingerprint density at radius 3 is 1.24 bits per heavy atom. The molecule has 0 radical (unpaired) electrons. The summed E-state index contributed by atoms with van der Waals surface area (Å²) >= 11 is 0. The maximum Gasteiger partial charge on any atom is 0.411 e. The standard InChI is InChI=1S/C28H27F3N2O5S.C27H24F3NO4.CH5NO2S/c1-18(19-3-5-20(6-4-19)24-12-11-23(30)17-25(24)31)33-16-15-28(38-27(33)35,21-7-9-22(29)10-8-21)14-13-26(34)32-39(2,36)37;1-17(18-2-4-19(5-3-18)23-11-10-22(29)16-24(23)30)31-15-14-27(35-26(31)34,13-12-25(32)33)20-6-8-21(28)9-7-20;1-5(2,3)4/h3-12,17-18H,13-16H2,1-2H3,(H,32,34);2-11,16-17H,12-15H2,1H3,(H,32,33);1H3,(H2,2,3,4)/t18-,28+;17-,27+;/m00./s1. The average Bonchev–Trinajstić information content (AvgIpc) is 3.56. The number of benzene rings is 6. The molecule has 3 amide bonds. The molecule has 420 valence electrons. The van der Waals surface area contributed by atoms with E-state index in [9.17, 15) is 67.5 Å². The summed E-state index contributed by atoms with van der Waals surface area (Å²) in [5.74, 6) is -5.35. The van der Waals surface area contributed by atoms with Crippen LogP contribution < -0.4 is 9.86 Å². The number of sulfonamides is 2.